The Hall–Kier alpha value is -4.04. The summed E-state index contributed by atoms with van der Waals surface area (Å²) in [4.78, 5) is 18.6. The van der Waals surface area contributed by atoms with Gasteiger partial charge in [-0.05, 0) is 80.2 Å². The van der Waals surface area contributed by atoms with Crippen LogP contribution in [-0.2, 0) is 4.74 Å². The Kier molecular flexibility index (Phi) is 6.28. The lowest BCUT2D eigenvalue weighted by molar-refractivity contribution is 0.0600. The van der Waals surface area contributed by atoms with Crippen LogP contribution < -0.4 is 10.2 Å². The third-order valence-corrected chi connectivity index (χ3v) is 6.84. The molecule has 0 amide bonds. The predicted molar refractivity (Wildman–Crippen MR) is 141 cm³/mol. The summed E-state index contributed by atoms with van der Waals surface area (Å²) in [6.07, 6.45) is 1.74. The first-order chi connectivity index (χ1) is 17.4. The highest BCUT2D eigenvalue weighted by molar-refractivity contribution is 7.80. The molecular formula is C28H25FN4O2S. The number of hydrogen-bond donors (Lipinski definition) is 1. The van der Waals surface area contributed by atoms with Gasteiger partial charge >= 0.3 is 5.97 Å². The molecule has 0 radical (unpaired) electrons. The van der Waals surface area contributed by atoms with E-state index in [1.165, 1.54) is 13.2 Å². The second kappa shape index (κ2) is 9.54. The van der Waals surface area contributed by atoms with Crippen molar-refractivity contribution < 1.29 is 13.9 Å². The number of pyridine rings is 1. The van der Waals surface area contributed by atoms with Crippen molar-refractivity contribution in [1.29, 1.82) is 0 Å². The Morgan fingerprint density at radius 1 is 1.06 bits per heavy atom. The molecule has 1 aliphatic heterocycles. The molecule has 2 atom stereocenters. The largest absolute Gasteiger partial charge is 0.465 e. The molecule has 36 heavy (non-hydrogen) atoms. The number of para-hydroxylation sites is 1. The SMILES string of the molecule is COC(=O)c1cccc(-n2c(C)cc([C@@H]3[C@@H](c4ccccn4)NC(=S)N3c3ccccc3F)c2C)c1. The number of thiocarbonyl (C=S) groups is 1. The molecule has 1 N–H and O–H groups in total. The van der Waals surface area contributed by atoms with Crippen LogP contribution in [0.4, 0.5) is 10.1 Å². The van der Waals surface area contributed by atoms with E-state index in [4.69, 9.17) is 17.0 Å². The molecule has 0 saturated carbocycles. The number of carbonyl (C=O) groups excluding carboxylic acids is 1. The summed E-state index contributed by atoms with van der Waals surface area (Å²) in [5.74, 6) is -0.751. The Balaban J connectivity index is 1.68. The average molecular weight is 501 g/mol. The molecule has 2 aromatic carbocycles. The van der Waals surface area contributed by atoms with Gasteiger partial charge in [0.1, 0.15) is 5.82 Å². The lowest BCUT2D eigenvalue weighted by atomic mass is 9.96. The maximum absolute atomic E-state index is 15.0. The van der Waals surface area contributed by atoms with Gasteiger partial charge < -0.3 is 19.5 Å². The van der Waals surface area contributed by atoms with Gasteiger partial charge in [0.25, 0.3) is 0 Å². The van der Waals surface area contributed by atoms with E-state index in [2.05, 4.69) is 20.9 Å². The Bertz CT molecular complexity index is 1450. The van der Waals surface area contributed by atoms with Crippen molar-refractivity contribution in [2.45, 2.75) is 25.9 Å². The minimum Gasteiger partial charge on any atom is -0.465 e. The van der Waals surface area contributed by atoms with E-state index < -0.39 is 5.97 Å². The molecule has 0 unspecified atom stereocenters. The molecule has 1 aliphatic rings. The molecule has 8 heteroatoms. The highest BCUT2D eigenvalue weighted by Gasteiger charge is 2.43. The first kappa shape index (κ1) is 23.7. The third-order valence-electron chi connectivity index (χ3n) is 6.52. The number of rotatable bonds is 5. The fourth-order valence-corrected chi connectivity index (χ4v) is 5.29. The summed E-state index contributed by atoms with van der Waals surface area (Å²) in [5.41, 5.74) is 5.40. The van der Waals surface area contributed by atoms with E-state index in [0.717, 1.165) is 28.3 Å². The van der Waals surface area contributed by atoms with Crippen molar-refractivity contribution >= 4 is 29.0 Å². The number of anilines is 1. The minimum absolute atomic E-state index is 0.298. The van der Waals surface area contributed by atoms with E-state index in [-0.39, 0.29) is 17.9 Å². The molecule has 1 saturated heterocycles. The quantitative estimate of drug-likeness (QED) is 0.285. The van der Waals surface area contributed by atoms with Crippen molar-refractivity contribution in [2.24, 2.45) is 0 Å². The van der Waals surface area contributed by atoms with Crippen LogP contribution in [-0.4, -0.2) is 27.7 Å². The van der Waals surface area contributed by atoms with Crippen LogP contribution in [0.1, 0.15) is 45.1 Å². The van der Waals surface area contributed by atoms with Gasteiger partial charge in [0.15, 0.2) is 5.11 Å². The molecule has 2 aromatic heterocycles. The number of nitrogens with one attached hydrogen (secondary N) is 1. The molecule has 0 aliphatic carbocycles. The van der Waals surface area contributed by atoms with E-state index in [9.17, 15) is 4.79 Å². The van der Waals surface area contributed by atoms with Crippen molar-refractivity contribution in [3.8, 4) is 5.69 Å². The summed E-state index contributed by atoms with van der Waals surface area (Å²) >= 11 is 5.73. The lowest BCUT2D eigenvalue weighted by Gasteiger charge is -2.28. The number of hydrogen-bond acceptors (Lipinski definition) is 4. The average Bonchev–Trinajstić information content (AvgIpc) is 3.39. The van der Waals surface area contributed by atoms with Crippen LogP contribution in [0.5, 0.6) is 0 Å². The highest BCUT2D eigenvalue weighted by Crippen LogP contribution is 2.44. The first-order valence-corrected chi connectivity index (χ1v) is 11.9. The van der Waals surface area contributed by atoms with Gasteiger partial charge in [-0.25, -0.2) is 9.18 Å². The van der Waals surface area contributed by atoms with Crippen molar-refractivity contribution in [3.05, 3.63) is 113 Å². The molecule has 1 fully saturated rings. The van der Waals surface area contributed by atoms with Crippen LogP contribution in [0.15, 0.2) is 79.0 Å². The zero-order chi connectivity index (χ0) is 25.4. The van der Waals surface area contributed by atoms with Gasteiger partial charge in [-0.15, -0.1) is 0 Å². The van der Waals surface area contributed by atoms with Crippen LogP contribution in [0.25, 0.3) is 5.69 Å². The van der Waals surface area contributed by atoms with Gasteiger partial charge in [0.05, 0.1) is 36.1 Å². The van der Waals surface area contributed by atoms with E-state index in [0.29, 0.717) is 16.4 Å². The molecule has 4 aromatic rings. The number of nitrogens with zero attached hydrogens (tertiary/aromatic N) is 3. The molecule has 5 rings (SSSR count). The maximum Gasteiger partial charge on any atom is 0.337 e. The summed E-state index contributed by atoms with van der Waals surface area (Å²) in [7, 11) is 1.37. The molecule has 182 valence electrons. The predicted octanol–water partition coefficient (Wildman–Crippen LogP) is 5.59. The number of ether oxygens (including phenoxy) is 1. The number of carbonyl (C=O) groups is 1. The second-order valence-corrected chi connectivity index (χ2v) is 9.04. The van der Waals surface area contributed by atoms with Crippen molar-refractivity contribution in [1.82, 2.24) is 14.9 Å². The normalized spacial score (nSPS) is 17.2. The molecular weight excluding hydrogens is 475 g/mol. The fourth-order valence-electron chi connectivity index (χ4n) is 4.95. The van der Waals surface area contributed by atoms with Gasteiger partial charge in [-0.3, -0.25) is 4.98 Å². The highest BCUT2D eigenvalue weighted by atomic mass is 32.1. The number of methoxy groups -OCH3 is 1. The van der Waals surface area contributed by atoms with Crippen molar-refractivity contribution in [2.75, 3.05) is 12.0 Å². The van der Waals surface area contributed by atoms with Crippen LogP contribution in [0.2, 0.25) is 0 Å². The fraction of sp³-hybridized carbons (Fsp3) is 0.179. The third kappa shape index (κ3) is 4.03. The zero-order valence-corrected chi connectivity index (χ0v) is 20.9. The summed E-state index contributed by atoms with van der Waals surface area (Å²) in [6, 6.07) is 21.1. The van der Waals surface area contributed by atoms with E-state index in [1.807, 2.05) is 49.1 Å². The lowest BCUT2D eigenvalue weighted by Crippen LogP contribution is -2.30. The Morgan fingerprint density at radius 3 is 2.56 bits per heavy atom. The molecule has 0 bridgehead atoms. The topological polar surface area (TPSA) is 59.4 Å². The standard InChI is InChI=1S/C28H25FN4O2S/c1-17-15-21(18(2)32(17)20-10-8-9-19(16-20)27(34)35-3)26-25(23-12-6-7-14-30-23)31-28(36)33(26)24-13-5-4-11-22(24)29/h4-16,25-26H,1-3H3,(H,31,36)/t25-,26-/m1/s1. The Labute approximate surface area is 214 Å². The van der Waals surface area contributed by atoms with E-state index in [1.54, 1.807) is 36.5 Å². The van der Waals surface area contributed by atoms with Gasteiger partial charge in [-0.2, -0.15) is 0 Å². The van der Waals surface area contributed by atoms with Gasteiger partial charge in [0.2, 0.25) is 0 Å². The first-order valence-electron chi connectivity index (χ1n) is 11.5. The second-order valence-electron chi connectivity index (χ2n) is 8.65. The van der Waals surface area contributed by atoms with Crippen molar-refractivity contribution in [3.63, 3.8) is 0 Å². The molecule has 3 heterocycles. The summed E-state index contributed by atoms with van der Waals surface area (Å²) in [6.45, 7) is 4.02. The number of aryl methyl sites for hydroxylation is 1. The number of benzene rings is 2. The van der Waals surface area contributed by atoms with Crippen LogP contribution in [0, 0.1) is 19.7 Å². The van der Waals surface area contributed by atoms with Gasteiger partial charge in [0, 0.05) is 23.3 Å². The molecule has 0 spiro atoms. The Morgan fingerprint density at radius 2 is 1.83 bits per heavy atom. The monoisotopic (exact) mass is 500 g/mol. The molecule has 6 nitrogen and oxygen atoms in total. The van der Waals surface area contributed by atoms with Crippen LogP contribution in [0.3, 0.4) is 0 Å². The number of esters is 1. The minimum atomic E-state index is -0.397. The zero-order valence-electron chi connectivity index (χ0n) is 20.1. The maximum atomic E-state index is 15.0. The van der Waals surface area contributed by atoms with Gasteiger partial charge in [-0.1, -0.05) is 24.3 Å². The number of halogens is 1. The number of aromatic nitrogens is 2. The van der Waals surface area contributed by atoms with E-state index >= 15 is 4.39 Å². The van der Waals surface area contributed by atoms with Crippen LogP contribution >= 0.6 is 12.2 Å². The summed E-state index contributed by atoms with van der Waals surface area (Å²) in [5, 5.41) is 3.81. The smallest absolute Gasteiger partial charge is 0.337 e. The summed E-state index contributed by atoms with van der Waals surface area (Å²) < 4.78 is 22.0.